The quantitative estimate of drug-likeness (QED) is 0.666. The number of carbonyl (C=O) groups is 1. The average Bonchev–Trinajstić information content (AvgIpc) is 3.30. The molecule has 3 heterocycles. The number of morpholine rings is 1. The second-order valence-electron chi connectivity index (χ2n) is 8.26. The summed E-state index contributed by atoms with van der Waals surface area (Å²) in [5, 5.41) is 2.95. The van der Waals surface area contributed by atoms with Crippen molar-refractivity contribution in [2.45, 2.75) is 19.9 Å². The third kappa shape index (κ3) is 4.26. The first-order valence-corrected chi connectivity index (χ1v) is 11.0. The molecule has 1 N–H and O–H groups in total. The Hall–Kier alpha value is -3.16. The molecule has 1 aromatic heterocycles. The van der Waals surface area contributed by atoms with E-state index < -0.39 is 0 Å². The monoisotopic (exact) mass is 433 g/mol. The normalized spacial score (nSPS) is 16.7. The van der Waals surface area contributed by atoms with Gasteiger partial charge in [-0.3, -0.25) is 9.69 Å². The maximum Gasteiger partial charge on any atom is 0.255 e. The SMILES string of the molecule is Cc1c(Cc2ccc(-c3cocn3)cc2)cc2c(c1CN1CCOCC1)OCCNC2=O. The molecule has 32 heavy (non-hydrogen) atoms. The number of nitrogens with one attached hydrogen (secondary N) is 1. The van der Waals surface area contributed by atoms with Gasteiger partial charge in [-0.2, -0.15) is 0 Å². The van der Waals surface area contributed by atoms with E-state index in [-0.39, 0.29) is 5.91 Å². The van der Waals surface area contributed by atoms with Gasteiger partial charge in [-0.05, 0) is 36.1 Å². The molecular formula is C25H27N3O4. The van der Waals surface area contributed by atoms with E-state index in [9.17, 15) is 4.79 Å². The molecule has 2 aromatic carbocycles. The summed E-state index contributed by atoms with van der Waals surface area (Å²) in [4.78, 5) is 19.4. The summed E-state index contributed by atoms with van der Waals surface area (Å²) in [5.41, 5.74) is 7.07. The van der Waals surface area contributed by atoms with Crippen molar-refractivity contribution in [3.8, 4) is 17.0 Å². The first-order chi connectivity index (χ1) is 15.7. The van der Waals surface area contributed by atoms with Crippen molar-refractivity contribution in [2.75, 3.05) is 39.5 Å². The molecule has 0 radical (unpaired) electrons. The van der Waals surface area contributed by atoms with E-state index in [1.54, 1.807) is 6.26 Å². The Balaban J connectivity index is 1.48. The Bertz CT molecular complexity index is 1090. The largest absolute Gasteiger partial charge is 0.491 e. The first kappa shape index (κ1) is 20.7. The molecule has 5 rings (SSSR count). The third-order valence-corrected chi connectivity index (χ3v) is 6.21. The molecule has 2 aliphatic heterocycles. The lowest BCUT2D eigenvalue weighted by Gasteiger charge is -2.29. The molecule has 0 unspecified atom stereocenters. The molecule has 3 aromatic rings. The van der Waals surface area contributed by atoms with Gasteiger partial charge < -0.3 is 19.2 Å². The van der Waals surface area contributed by atoms with Gasteiger partial charge in [0.1, 0.15) is 24.3 Å². The van der Waals surface area contributed by atoms with Crippen LogP contribution in [0.15, 0.2) is 47.4 Å². The van der Waals surface area contributed by atoms with Gasteiger partial charge >= 0.3 is 0 Å². The fourth-order valence-corrected chi connectivity index (χ4v) is 4.35. The van der Waals surface area contributed by atoms with Gasteiger partial charge in [-0.25, -0.2) is 4.98 Å². The molecule has 0 atom stereocenters. The predicted molar refractivity (Wildman–Crippen MR) is 120 cm³/mol. The molecule has 7 nitrogen and oxygen atoms in total. The predicted octanol–water partition coefficient (Wildman–Crippen LogP) is 3.20. The smallest absolute Gasteiger partial charge is 0.255 e. The number of amides is 1. The molecule has 0 aliphatic carbocycles. The summed E-state index contributed by atoms with van der Waals surface area (Å²) in [7, 11) is 0. The second kappa shape index (κ2) is 9.14. The number of hydrogen-bond acceptors (Lipinski definition) is 6. The van der Waals surface area contributed by atoms with Crippen molar-refractivity contribution in [1.82, 2.24) is 15.2 Å². The number of ether oxygens (including phenoxy) is 2. The Morgan fingerprint density at radius 3 is 2.69 bits per heavy atom. The molecular weight excluding hydrogens is 406 g/mol. The van der Waals surface area contributed by atoms with Crippen molar-refractivity contribution in [3.05, 3.63) is 70.8 Å². The average molecular weight is 434 g/mol. The van der Waals surface area contributed by atoms with E-state index in [1.165, 1.54) is 17.5 Å². The minimum atomic E-state index is -0.0663. The van der Waals surface area contributed by atoms with Crippen molar-refractivity contribution in [1.29, 1.82) is 0 Å². The Kier molecular flexibility index (Phi) is 5.92. The highest BCUT2D eigenvalue weighted by Gasteiger charge is 2.25. The molecule has 0 saturated carbocycles. The summed E-state index contributed by atoms with van der Waals surface area (Å²) < 4.78 is 16.7. The van der Waals surface area contributed by atoms with Crippen molar-refractivity contribution in [3.63, 3.8) is 0 Å². The highest BCUT2D eigenvalue weighted by Crippen LogP contribution is 2.34. The van der Waals surface area contributed by atoms with Gasteiger partial charge in [0.25, 0.3) is 5.91 Å². The second-order valence-corrected chi connectivity index (χ2v) is 8.26. The zero-order chi connectivity index (χ0) is 21.9. The van der Waals surface area contributed by atoms with Crippen molar-refractivity contribution in [2.24, 2.45) is 0 Å². The summed E-state index contributed by atoms with van der Waals surface area (Å²) in [5.74, 6) is 0.664. The van der Waals surface area contributed by atoms with E-state index in [0.717, 1.165) is 67.4 Å². The van der Waals surface area contributed by atoms with Crippen LogP contribution in [0, 0.1) is 6.92 Å². The van der Waals surface area contributed by atoms with Crippen LogP contribution in [-0.4, -0.2) is 55.2 Å². The lowest BCUT2D eigenvalue weighted by Crippen LogP contribution is -2.36. The van der Waals surface area contributed by atoms with Crippen LogP contribution in [0.2, 0.25) is 0 Å². The maximum absolute atomic E-state index is 12.8. The number of aromatic nitrogens is 1. The standard InChI is InChI=1S/C25H27N3O4/c1-17-20(12-18-2-4-19(5-3-18)23-15-31-16-27-23)13-21-24(32-9-6-26-25(21)29)22(17)14-28-7-10-30-11-8-28/h2-5,13,15-16H,6-12,14H2,1H3,(H,26,29). The molecule has 1 amide bonds. The molecule has 0 bridgehead atoms. The van der Waals surface area contributed by atoms with E-state index in [1.807, 2.05) is 6.07 Å². The minimum absolute atomic E-state index is 0.0663. The Labute approximate surface area is 187 Å². The molecule has 2 aliphatic rings. The van der Waals surface area contributed by atoms with Crippen molar-refractivity contribution >= 4 is 5.91 Å². The van der Waals surface area contributed by atoms with Crippen LogP contribution in [0.1, 0.15) is 32.6 Å². The number of hydrogen-bond donors (Lipinski definition) is 1. The van der Waals surface area contributed by atoms with Crippen LogP contribution in [-0.2, 0) is 17.7 Å². The number of nitrogens with zero attached hydrogens (tertiary/aromatic N) is 2. The number of fused-ring (bicyclic) bond motifs is 1. The first-order valence-electron chi connectivity index (χ1n) is 11.0. The van der Waals surface area contributed by atoms with Crippen LogP contribution < -0.4 is 10.1 Å². The van der Waals surface area contributed by atoms with Gasteiger partial charge in [0.05, 0.1) is 25.3 Å². The number of rotatable bonds is 5. The van der Waals surface area contributed by atoms with E-state index in [0.29, 0.717) is 18.7 Å². The number of benzene rings is 2. The Morgan fingerprint density at radius 2 is 1.94 bits per heavy atom. The van der Waals surface area contributed by atoms with Crippen molar-refractivity contribution < 1.29 is 18.7 Å². The highest BCUT2D eigenvalue weighted by molar-refractivity contribution is 5.98. The van der Waals surface area contributed by atoms with Gasteiger partial charge in [0.2, 0.25) is 0 Å². The fraction of sp³-hybridized carbons (Fsp3) is 0.360. The van der Waals surface area contributed by atoms with Crippen LogP contribution in [0.4, 0.5) is 0 Å². The van der Waals surface area contributed by atoms with Gasteiger partial charge in [0.15, 0.2) is 6.39 Å². The molecule has 1 fully saturated rings. The Morgan fingerprint density at radius 1 is 1.12 bits per heavy atom. The van der Waals surface area contributed by atoms with Crippen LogP contribution in [0.25, 0.3) is 11.3 Å². The highest BCUT2D eigenvalue weighted by atomic mass is 16.5. The summed E-state index contributed by atoms with van der Waals surface area (Å²) in [6.07, 6.45) is 3.81. The zero-order valence-electron chi connectivity index (χ0n) is 18.2. The fourth-order valence-electron chi connectivity index (χ4n) is 4.35. The van der Waals surface area contributed by atoms with Crippen LogP contribution >= 0.6 is 0 Å². The van der Waals surface area contributed by atoms with E-state index >= 15 is 0 Å². The van der Waals surface area contributed by atoms with Crippen LogP contribution in [0.5, 0.6) is 5.75 Å². The maximum atomic E-state index is 12.8. The van der Waals surface area contributed by atoms with E-state index in [4.69, 9.17) is 13.9 Å². The molecule has 7 heteroatoms. The number of oxazole rings is 1. The van der Waals surface area contributed by atoms with Crippen LogP contribution in [0.3, 0.4) is 0 Å². The molecule has 166 valence electrons. The third-order valence-electron chi connectivity index (χ3n) is 6.21. The van der Waals surface area contributed by atoms with Gasteiger partial charge in [0, 0.05) is 30.8 Å². The summed E-state index contributed by atoms with van der Waals surface area (Å²) >= 11 is 0. The molecule has 0 spiro atoms. The topological polar surface area (TPSA) is 76.8 Å². The van der Waals surface area contributed by atoms with Gasteiger partial charge in [-0.15, -0.1) is 0 Å². The summed E-state index contributed by atoms with van der Waals surface area (Å²) in [6.45, 7) is 7.13. The van der Waals surface area contributed by atoms with Gasteiger partial charge in [-0.1, -0.05) is 24.3 Å². The lowest BCUT2D eigenvalue weighted by molar-refractivity contribution is 0.0337. The molecule has 1 saturated heterocycles. The number of carbonyl (C=O) groups excluding carboxylic acids is 1. The lowest BCUT2D eigenvalue weighted by atomic mass is 9.92. The minimum Gasteiger partial charge on any atom is -0.491 e. The summed E-state index contributed by atoms with van der Waals surface area (Å²) in [6, 6.07) is 10.3. The zero-order valence-corrected chi connectivity index (χ0v) is 18.2. The van der Waals surface area contributed by atoms with E-state index in [2.05, 4.69) is 46.4 Å².